The number of nitrogens with zero attached hydrogens (tertiary/aromatic N) is 4. The first kappa shape index (κ1) is 72.2. The summed E-state index contributed by atoms with van der Waals surface area (Å²) in [5.41, 5.74) is 63.5. The minimum atomic E-state index is -0.251. The fraction of sp³-hybridized carbons (Fsp3) is 0.207. The molecule has 0 amide bonds. The van der Waals surface area contributed by atoms with E-state index in [9.17, 15) is 4.39 Å². The Hall–Kier alpha value is -10.9. The number of anilines is 7. The molecule has 0 unspecified atom stereocenters. The number of hydrogen-bond acceptors (Lipinski definition) is 10. The van der Waals surface area contributed by atoms with Crippen LogP contribution in [0, 0.1) is 51.8 Å². The van der Waals surface area contributed by atoms with Crippen LogP contribution >= 0.6 is 0 Å². The van der Waals surface area contributed by atoms with Crippen LogP contribution < -0.4 is 40.1 Å². The van der Waals surface area contributed by atoms with E-state index in [4.69, 9.17) is 45.4 Å². The zero-order valence-electron chi connectivity index (χ0n) is 57.1. The highest BCUT2D eigenvalue weighted by molar-refractivity contribution is 6.09. The molecule has 12 rings (SSSR count). The van der Waals surface area contributed by atoms with Gasteiger partial charge in [-0.05, 0) is 222 Å². The summed E-state index contributed by atoms with van der Waals surface area (Å²) >= 11 is 0. The van der Waals surface area contributed by atoms with E-state index in [1.54, 1.807) is 36.7 Å². The molecule has 0 radical (unpaired) electrons. The molecule has 14 N–H and O–H groups in total. The predicted molar refractivity (Wildman–Crippen MR) is 401 cm³/mol. The van der Waals surface area contributed by atoms with Gasteiger partial charge in [0, 0.05) is 56.0 Å². The van der Waals surface area contributed by atoms with Gasteiger partial charge in [0.1, 0.15) is 11.6 Å². The van der Waals surface area contributed by atoms with E-state index >= 15 is 0 Å². The summed E-state index contributed by atoms with van der Waals surface area (Å²) in [6, 6.07) is 72.8. The van der Waals surface area contributed by atoms with Crippen molar-refractivity contribution in [3.05, 3.63) is 287 Å². The number of nitrogens with two attached hydrogens (primary N) is 7. The molecule has 0 saturated carbocycles. The fourth-order valence-electron chi connectivity index (χ4n) is 9.86. The van der Waals surface area contributed by atoms with Crippen molar-refractivity contribution in [2.75, 3.05) is 40.1 Å². The summed E-state index contributed by atoms with van der Waals surface area (Å²) in [5.74, 6) is 0.575. The molecular weight excluding hydrogens is 1160 g/mol. The Bertz CT molecular complexity index is 4150. The highest BCUT2D eigenvalue weighted by Gasteiger charge is 2.20. The van der Waals surface area contributed by atoms with Gasteiger partial charge in [0.25, 0.3) is 0 Å². The molecule has 10 aromatic carbocycles. The zero-order valence-corrected chi connectivity index (χ0v) is 57.1. The second-order valence-corrected chi connectivity index (χ2v) is 26.3. The fourth-order valence-corrected chi connectivity index (χ4v) is 9.86. The van der Waals surface area contributed by atoms with E-state index in [-0.39, 0.29) is 22.1 Å². The van der Waals surface area contributed by atoms with Gasteiger partial charge in [-0.1, -0.05) is 165 Å². The topological polar surface area (TPSA) is 237 Å². The zero-order chi connectivity index (χ0) is 69.1. The van der Waals surface area contributed by atoms with E-state index in [0.29, 0.717) is 22.6 Å². The molecule has 0 aliphatic rings. The van der Waals surface area contributed by atoms with E-state index in [0.717, 1.165) is 45.4 Å². The summed E-state index contributed by atoms with van der Waals surface area (Å²) in [6.07, 6.45) is 3.27. The second-order valence-electron chi connectivity index (χ2n) is 26.3. The van der Waals surface area contributed by atoms with Crippen LogP contribution in [0.2, 0.25) is 0 Å². The lowest BCUT2D eigenvalue weighted by atomic mass is 9.80. The minimum Gasteiger partial charge on any atom is -0.399 e. The largest absolute Gasteiger partial charge is 0.399 e. The molecule has 0 fully saturated rings. The van der Waals surface area contributed by atoms with Crippen LogP contribution in [0.3, 0.4) is 0 Å². The Kier molecular flexibility index (Phi) is 24.9. The Morgan fingerprint density at radius 3 is 1.11 bits per heavy atom. The smallest absolute Gasteiger partial charge is 0.133 e. The van der Waals surface area contributed by atoms with Gasteiger partial charge in [-0.3, -0.25) is 0 Å². The van der Waals surface area contributed by atoms with E-state index in [1.807, 2.05) is 66.7 Å². The van der Waals surface area contributed by atoms with Gasteiger partial charge in [-0.25, -0.2) is 14.4 Å². The van der Waals surface area contributed by atoms with Gasteiger partial charge in [0.2, 0.25) is 0 Å². The van der Waals surface area contributed by atoms with E-state index in [2.05, 4.69) is 221 Å². The van der Waals surface area contributed by atoms with Gasteiger partial charge in [-0.2, -0.15) is 5.26 Å². The van der Waals surface area contributed by atoms with Crippen LogP contribution in [-0.2, 0) is 16.2 Å². The summed E-state index contributed by atoms with van der Waals surface area (Å²) in [7, 11) is 0. The van der Waals surface area contributed by atoms with Crippen molar-refractivity contribution < 1.29 is 4.39 Å². The lowest BCUT2D eigenvalue weighted by Crippen LogP contribution is -2.16. The van der Waals surface area contributed by atoms with Crippen molar-refractivity contribution in [2.24, 2.45) is 0 Å². The van der Waals surface area contributed by atoms with Crippen molar-refractivity contribution in [2.45, 2.75) is 113 Å². The molecule has 0 aliphatic heterocycles. The SMILES string of the molecule is CC(C)(C)c1cc(N)cc(C(C)(C)C)c1.CC(C)(C)c1ncc(N)cn1.Cc1c(C)c(C)c(N)c(C)c1C.N#Cc1ccc(N)cc1.Nc1cc(-c2ccccc2)cc(-c2ccccc2)c1.Nc1ccc(-n2c3ccccc3c3ccccc32)cc1.Nc1ccc(F)cc1. The predicted octanol–water partition coefficient (Wildman–Crippen LogP) is 19.5. The average Bonchev–Trinajstić information content (AvgIpc) is 1.61. The molecule has 12 aromatic rings. The number of nitriles is 1. The van der Waals surface area contributed by atoms with Gasteiger partial charge >= 0.3 is 0 Å². The Balaban J connectivity index is 0.000000178. The first-order valence-electron chi connectivity index (χ1n) is 31.3. The van der Waals surface area contributed by atoms with Gasteiger partial charge in [0.15, 0.2) is 0 Å². The molecule has 2 aromatic heterocycles. The second kappa shape index (κ2) is 32.4. The number of nitrogen functional groups attached to an aromatic ring is 7. The first-order valence-corrected chi connectivity index (χ1v) is 31.3. The van der Waals surface area contributed by atoms with Crippen LogP contribution in [0.25, 0.3) is 49.7 Å². The quantitative estimate of drug-likeness (QED) is 0.0826. The van der Waals surface area contributed by atoms with Crippen molar-refractivity contribution in [3.8, 4) is 34.0 Å². The van der Waals surface area contributed by atoms with E-state index < -0.39 is 0 Å². The molecule has 12 heteroatoms. The van der Waals surface area contributed by atoms with Crippen molar-refractivity contribution in [3.63, 3.8) is 0 Å². The molecule has 0 bridgehead atoms. The number of aromatic nitrogens is 3. The first-order chi connectivity index (χ1) is 44.4. The van der Waals surface area contributed by atoms with Crippen LogP contribution in [0.4, 0.5) is 44.2 Å². The number of rotatable bonds is 3. The lowest BCUT2D eigenvalue weighted by Gasteiger charge is -2.25. The molecular formula is C82H94FN11. The normalized spacial score (nSPS) is 10.8. The molecule has 0 aliphatic carbocycles. The molecule has 2 heterocycles. The van der Waals surface area contributed by atoms with Crippen molar-refractivity contribution in [1.82, 2.24) is 14.5 Å². The third kappa shape index (κ3) is 20.6. The summed E-state index contributed by atoms with van der Waals surface area (Å²) in [4.78, 5) is 8.23. The summed E-state index contributed by atoms with van der Waals surface area (Å²) in [5, 5.41) is 10.9. The molecule has 484 valence electrons. The summed E-state index contributed by atoms with van der Waals surface area (Å²) in [6.45, 7) is 30.1. The van der Waals surface area contributed by atoms with Crippen LogP contribution in [0.5, 0.6) is 0 Å². The Morgan fingerprint density at radius 1 is 0.362 bits per heavy atom. The third-order valence-electron chi connectivity index (χ3n) is 15.9. The highest BCUT2D eigenvalue weighted by atomic mass is 19.1. The molecule has 11 nitrogen and oxygen atoms in total. The van der Waals surface area contributed by atoms with Crippen molar-refractivity contribution >= 4 is 61.6 Å². The summed E-state index contributed by atoms with van der Waals surface area (Å²) < 4.78 is 14.3. The Morgan fingerprint density at radius 2 is 0.723 bits per heavy atom. The molecule has 0 spiro atoms. The lowest BCUT2D eigenvalue weighted by molar-refractivity contribution is 0.545. The van der Waals surface area contributed by atoms with Crippen LogP contribution in [0.15, 0.2) is 231 Å². The minimum absolute atomic E-state index is 0.00764. The standard InChI is InChI=1S/C18H14N2.C18H15N.C14H23N.C11H17N.C8H13N3.C7H6N2.C6H6FN/c19-13-9-11-14(12-10-13)20-17-7-3-1-5-15(17)16-6-2-4-8-18(16)20;19-18-12-16(14-7-3-1-4-8-14)11-17(13-18)15-9-5-2-6-10-15;1-13(2,3)10-7-11(14(4,5)6)9-12(15)8-10;1-6-7(2)9(4)11(12)10(5)8(6)3;1-8(2,3)7-10-4-6(9)5-11-7;8-5-6-1-3-7(9)4-2-6;7-5-1-3-6(8)4-2-5/h1-12H,19H2;1-13H,19H2;7-9H,15H2,1-6H3;12H2,1-5H3;4-5H,9H2,1-3H3;1-4H,9H2;1-4H,8H2. The molecule has 0 atom stereocenters. The van der Waals surface area contributed by atoms with Gasteiger partial charge < -0.3 is 44.7 Å². The molecule has 0 saturated heterocycles. The van der Waals surface area contributed by atoms with Gasteiger partial charge in [-0.15, -0.1) is 0 Å². The number of benzene rings is 10. The number of hydrogen-bond donors (Lipinski definition) is 7. The monoisotopic (exact) mass is 1250 g/mol. The van der Waals surface area contributed by atoms with Crippen LogP contribution in [-0.4, -0.2) is 14.5 Å². The number of halogens is 1. The maximum absolute atomic E-state index is 12.0. The van der Waals surface area contributed by atoms with E-state index in [1.165, 1.54) is 96.1 Å². The third-order valence-corrected chi connectivity index (χ3v) is 15.9. The Labute approximate surface area is 557 Å². The van der Waals surface area contributed by atoms with Crippen LogP contribution in [0.1, 0.15) is 113 Å². The maximum Gasteiger partial charge on any atom is 0.133 e. The number of fused-ring (bicyclic) bond motifs is 3. The van der Waals surface area contributed by atoms with Crippen molar-refractivity contribution in [1.29, 1.82) is 5.26 Å². The molecule has 94 heavy (non-hydrogen) atoms. The highest BCUT2D eigenvalue weighted by Crippen LogP contribution is 2.34. The maximum atomic E-state index is 12.0. The number of para-hydroxylation sites is 2. The average molecular weight is 1250 g/mol. The van der Waals surface area contributed by atoms with Gasteiger partial charge in [0.05, 0.1) is 40.7 Å².